The fraction of sp³-hybridized carbons (Fsp3) is 0.583. The Hall–Kier alpha value is -1.76. The van der Waals surface area contributed by atoms with Crippen molar-refractivity contribution < 1.29 is 19.4 Å². The second-order valence-corrected chi connectivity index (χ2v) is 5.71. The predicted molar refractivity (Wildman–Crippen MR) is 72.7 cm³/mol. The summed E-state index contributed by atoms with van der Waals surface area (Å²) in [6, 6.07) is 0.421. The van der Waals surface area contributed by atoms with Gasteiger partial charge in [0.2, 0.25) is 0 Å². The number of carbonyl (C=O) groups excluding carboxylic acids is 1. The molecule has 7 nitrogen and oxygen atoms in total. The van der Waals surface area contributed by atoms with E-state index in [2.05, 4.69) is 10.4 Å². The van der Waals surface area contributed by atoms with Crippen LogP contribution in [0.25, 0.3) is 0 Å². The Morgan fingerprint density at radius 2 is 2.15 bits per heavy atom. The van der Waals surface area contributed by atoms with Gasteiger partial charge < -0.3 is 15.2 Å². The van der Waals surface area contributed by atoms with Crippen LogP contribution in [-0.2, 0) is 23.0 Å². The lowest BCUT2D eigenvalue weighted by Gasteiger charge is -2.21. The van der Waals surface area contributed by atoms with Crippen molar-refractivity contribution in [3.63, 3.8) is 0 Å². The van der Waals surface area contributed by atoms with Gasteiger partial charge in [0.1, 0.15) is 16.8 Å². The lowest BCUT2D eigenvalue weighted by molar-refractivity contribution is -0.139. The normalized spacial score (nSPS) is 12.8. The number of ether oxygens (including phenoxy) is 1. The van der Waals surface area contributed by atoms with Gasteiger partial charge in [-0.25, -0.2) is 9.59 Å². The van der Waals surface area contributed by atoms with Gasteiger partial charge >= 0.3 is 12.1 Å². The van der Waals surface area contributed by atoms with Crippen LogP contribution in [0.2, 0.25) is 5.15 Å². The number of carbonyl (C=O) groups is 2. The molecule has 1 unspecified atom stereocenters. The van der Waals surface area contributed by atoms with Gasteiger partial charge in [-0.2, -0.15) is 5.10 Å². The molecule has 8 heteroatoms. The number of aryl methyl sites for hydroxylation is 1. The summed E-state index contributed by atoms with van der Waals surface area (Å²) in [7, 11) is 1.64. The molecule has 0 saturated heterocycles. The van der Waals surface area contributed by atoms with E-state index in [1.807, 2.05) is 0 Å². The molecule has 0 radical (unpaired) electrons. The second kappa shape index (κ2) is 6.13. The summed E-state index contributed by atoms with van der Waals surface area (Å²) in [5.74, 6) is -1.17. The SMILES string of the molecule is Cn1nc(CC(NC(=O)OC(C)(C)C)C(=O)O)cc1Cl. The predicted octanol–water partition coefficient (Wildman–Crippen LogP) is 1.59. The third kappa shape index (κ3) is 5.08. The number of hydrogen-bond donors (Lipinski definition) is 2. The Bertz CT molecular complexity index is 488. The van der Waals surface area contributed by atoms with E-state index in [1.165, 1.54) is 4.68 Å². The monoisotopic (exact) mass is 303 g/mol. The van der Waals surface area contributed by atoms with Gasteiger partial charge in [0.05, 0.1) is 5.69 Å². The maximum atomic E-state index is 11.6. The third-order valence-electron chi connectivity index (χ3n) is 2.28. The number of alkyl carbamates (subject to hydrolysis) is 1. The molecule has 20 heavy (non-hydrogen) atoms. The lowest BCUT2D eigenvalue weighted by Crippen LogP contribution is -2.44. The molecule has 0 aliphatic carbocycles. The summed E-state index contributed by atoms with van der Waals surface area (Å²) >= 11 is 5.83. The highest BCUT2D eigenvalue weighted by molar-refractivity contribution is 6.29. The zero-order valence-electron chi connectivity index (χ0n) is 11.8. The van der Waals surface area contributed by atoms with E-state index in [9.17, 15) is 9.59 Å². The zero-order chi connectivity index (χ0) is 15.5. The van der Waals surface area contributed by atoms with Gasteiger partial charge in [-0.05, 0) is 26.8 Å². The van der Waals surface area contributed by atoms with Gasteiger partial charge in [0.15, 0.2) is 0 Å². The fourth-order valence-electron chi connectivity index (χ4n) is 1.46. The number of halogens is 1. The number of aliphatic carboxylic acids is 1. The summed E-state index contributed by atoms with van der Waals surface area (Å²) in [5.41, 5.74) is -0.220. The number of rotatable bonds is 4. The van der Waals surface area contributed by atoms with Gasteiger partial charge in [-0.15, -0.1) is 0 Å². The van der Waals surface area contributed by atoms with E-state index in [1.54, 1.807) is 33.9 Å². The summed E-state index contributed by atoms with van der Waals surface area (Å²) in [5, 5.41) is 15.9. The molecular weight excluding hydrogens is 286 g/mol. The molecule has 112 valence electrons. The first-order valence-electron chi connectivity index (χ1n) is 5.99. The number of amides is 1. The Balaban J connectivity index is 2.70. The first kappa shape index (κ1) is 16.3. The maximum Gasteiger partial charge on any atom is 0.408 e. The van der Waals surface area contributed by atoms with Crippen LogP contribution in [0.5, 0.6) is 0 Å². The largest absolute Gasteiger partial charge is 0.480 e. The molecule has 0 bridgehead atoms. The first-order chi connectivity index (χ1) is 9.08. The fourth-order valence-corrected chi connectivity index (χ4v) is 1.62. The number of nitrogens with one attached hydrogen (secondary N) is 1. The van der Waals surface area contributed by atoms with Gasteiger partial charge in [0, 0.05) is 13.5 Å². The van der Waals surface area contributed by atoms with Crippen LogP contribution in [-0.4, -0.2) is 38.6 Å². The molecule has 1 amide bonds. The van der Waals surface area contributed by atoms with Crippen LogP contribution in [0.3, 0.4) is 0 Å². The highest BCUT2D eigenvalue weighted by Gasteiger charge is 2.25. The average Bonchev–Trinajstić information content (AvgIpc) is 2.54. The van der Waals surface area contributed by atoms with Crippen molar-refractivity contribution in [1.29, 1.82) is 0 Å². The van der Waals surface area contributed by atoms with Crippen LogP contribution in [0.15, 0.2) is 6.07 Å². The standard InChI is InChI=1S/C12H18ClN3O4/c1-12(2,3)20-11(19)14-8(10(17)18)5-7-6-9(13)16(4)15-7/h6,8H,5H2,1-4H3,(H,14,19)(H,17,18). The number of aromatic nitrogens is 2. The molecule has 1 atom stereocenters. The quantitative estimate of drug-likeness (QED) is 0.881. The molecule has 2 N–H and O–H groups in total. The first-order valence-corrected chi connectivity index (χ1v) is 6.37. The molecule has 1 heterocycles. The summed E-state index contributed by atoms with van der Waals surface area (Å²) in [6.07, 6.45) is -0.762. The topological polar surface area (TPSA) is 93.5 Å². The molecule has 0 spiro atoms. The van der Waals surface area contributed by atoms with Crippen molar-refractivity contribution in [2.45, 2.75) is 38.8 Å². The zero-order valence-corrected chi connectivity index (χ0v) is 12.6. The highest BCUT2D eigenvalue weighted by atomic mass is 35.5. The Labute approximate surface area is 121 Å². The molecule has 0 aliphatic heterocycles. The van der Waals surface area contributed by atoms with E-state index in [0.717, 1.165) is 0 Å². The molecule has 1 aromatic heterocycles. The molecule has 0 fully saturated rings. The molecule has 0 aromatic carbocycles. The van der Waals surface area contributed by atoms with E-state index in [0.29, 0.717) is 10.8 Å². The van der Waals surface area contributed by atoms with E-state index in [-0.39, 0.29) is 6.42 Å². The number of carboxylic acid groups (broad SMARTS) is 1. The van der Waals surface area contributed by atoms with Crippen LogP contribution >= 0.6 is 11.6 Å². The van der Waals surface area contributed by atoms with Crippen LogP contribution in [0, 0.1) is 0 Å². The van der Waals surface area contributed by atoms with Gasteiger partial charge in [-0.1, -0.05) is 11.6 Å². The van der Waals surface area contributed by atoms with E-state index >= 15 is 0 Å². The van der Waals surface area contributed by atoms with E-state index < -0.39 is 23.7 Å². The third-order valence-corrected chi connectivity index (χ3v) is 2.63. The number of carboxylic acids is 1. The Kier molecular flexibility index (Phi) is 4.99. The summed E-state index contributed by atoms with van der Waals surface area (Å²) < 4.78 is 6.44. The highest BCUT2D eigenvalue weighted by Crippen LogP contribution is 2.12. The number of hydrogen-bond acceptors (Lipinski definition) is 4. The van der Waals surface area contributed by atoms with Crippen molar-refractivity contribution in [3.8, 4) is 0 Å². The van der Waals surface area contributed by atoms with Crippen molar-refractivity contribution in [3.05, 3.63) is 16.9 Å². The lowest BCUT2D eigenvalue weighted by atomic mass is 10.1. The average molecular weight is 304 g/mol. The van der Waals surface area contributed by atoms with Crippen molar-refractivity contribution in [2.24, 2.45) is 7.05 Å². The summed E-state index contributed by atoms with van der Waals surface area (Å²) in [4.78, 5) is 22.7. The molecule has 1 aromatic rings. The Morgan fingerprint density at radius 1 is 1.55 bits per heavy atom. The maximum absolute atomic E-state index is 11.6. The van der Waals surface area contributed by atoms with Crippen LogP contribution < -0.4 is 5.32 Å². The molecular formula is C12H18ClN3O4. The summed E-state index contributed by atoms with van der Waals surface area (Å²) in [6.45, 7) is 5.09. The smallest absolute Gasteiger partial charge is 0.408 e. The molecule has 0 saturated carbocycles. The van der Waals surface area contributed by atoms with Crippen LogP contribution in [0.4, 0.5) is 4.79 Å². The van der Waals surface area contributed by atoms with Gasteiger partial charge in [-0.3, -0.25) is 4.68 Å². The van der Waals surface area contributed by atoms with Crippen molar-refractivity contribution in [1.82, 2.24) is 15.1 Å². The molecule has 0 aliphatic rings. The second-order valence-electron chi connectivity index (χ2n) is 5.32. The minimum absolute atomic E-state index is 0.0230. The number of nitrogens with zero attached hydrogens (tertiary/aromatic N) is 2. The van der Waals surface area contributed by atoms with Crippen LogP contribution in [0.1, 0.15) is 26.5 Å². The minimum Gasteiger partial charge on any atom is -0.480 e. The van der Waals surface area contributed by atoms with Crippen molar-refractivity contribution in [2.75, 3.05) is 0 Å². The van der Waals surface area contributed by atoms with Crippen molar-refractivity contribution >= 4 is 23.7 Å². The minimum atomic E-state index is -1.17. The van der Waals surface area contributed by atoms with Gasteiger partial charge in [0.25, 0.3) is 0 Å². The molecule has 1 rings (SSSR count). The van der Waals surface area contributed by atoms with E-state index in [4.69, 9.17) is 21.4 Å². The Morgan fingerprint density at radius 3 is 2.55 bits per heavy atom.